The summed E-state index contributed by atoms with van der Waals surface area (Å²) in [5, 5.41) is 0. The highest BCUT2D eigenvalue weighted by Gasteiger charge is 1.98. The second kappa shape index (κ2) is 4.04. The van der Waals surface area contributed by atoms with E-state index in [1.807, 2.05) is 12.2 Å². The maximum Gasteiger partial charge on any atom is 0.0317 e. The van der Waals surface area contributed by atoms with Crippen LogP contribution in [0.1, 0.15) is 9.75 Å². The largest absolute Gasteiger partial charge is 0.327 e. The molecule has 0 spiro atoms. The summed E-state index contributed by atoms with van der Waals surface area (Å²) in [6.07, 6.45) is 4.00. The van der Waals surface area contributed by atoms with E-state index in [-0.39, 0.29) is 0 Å². The third-order valence-corrected chi connectivity index (χ3v) is 3.40. The minimum absolute atomic E-state index is 0.606. The molecule has 0 saturated carbocycles. The van der Waals surface area contributed by atoms with Gasteiger partial charge in [-0.25, -0.2) is 0 Å². The van der Waals surface area contributed by atoms with Crippen molar-refractivity contribution in [3.05, 3.63) is 26.4 Å². The molecule has 3 heteroatoms. The highest BCUT2D eigenvalue weighted by molar-refractivity contribution is 9.10. The molecule has 0 saturated heterocycles. The first-order valence-corrected chi connectivity index (χ1v) is 4.97. The SMILES string of the molecule is Cc1sc(/C=C/CN)cc1Br. The van der Waals surface area contributed by atoms with Gasteiger partial charge in [-0.2, -0.15) is 0 Å². The molecule has 11 heavy (non-hydrogen) atoms. The summed E-state index contributed by atoms with van der Waals surface area (Å²) < 4.78 is 1.18. The molecule has 0 fully saturated rings. The minimum Gasteiger partial charge on any atom is -0.327 e. The van der Waals surface area contributed by atoms with Crippen LogP contribution in [0.5, 0.6) is 0 Å². The summed E-state index contributed by atoms with van der Waals surface area (Å²) >= 11 is 5.22. The van der Waals surface area contributed by atoms with Crippen molar-refractivity contribution in [3.8, 4) is 0 Å². The summed E-state index contributed by atoms with van der Waals surface area (Å²) in [7, 11) is 0. The molecule has 1 rings (SSSR count). The number of nitrogens with two attached hydrogens (primary N) is 1. The average Bonchev–Trinajstić information content (AvgIpc) is 2.28. The van der Waals surface area contributed by atoms with Crippen LogP contribution in [-0.2, 0) is 0 Å². The predicted octanol–water partition coefficient (Wildman–Crippen LogP) is 2.79. The number of halogens is 1. The van der Waals surface area contributed by atoms with Gasteiger partial charge in [-0.1, -0.05) is 6.08 Å². The first-order chi connectivity index (χ1) is 5.24. The van der Waals surface area contributed by atoms with Crippen molar-refractivity contribution in [3.63, 3.8) is 0 Å². The molecule has 2 N–H and O–H groups in total. The van der Waals surface area contributed by atoms with E-state index in [9.17, 15) is 0 Å². The van der Waals surface area contributed by atoms with Crippen LogP contribution < -0.4 is 5.73 Å². The number of hydrogen-bond donors (Lipinski definition) is 1. The summed E-state index contributed by atoms with van der Waals surface area (Å²) in [5.41, 5.74) is 5.33. The Balaban J connectivity index is 2.80. The Morgan fingerprint density at radius 3 is 2.91 bits per heavy atom. The Bertz CT molecular complexity index is 246. The molecule has 0 radical (unpaired) electrons. The van der Waals surface area contributed by atoms with E-state index in [0.29, 0.717) is 6.54 Å². The van der Waals surface area contributed by atoms with Crippen LogP contribution in [0.3, 0.4) is 0 Å². The van der Waals surface area contributed by atoms with Gasteiger partial charge in [-0.05, 0) is 35.0 Å². The monoisotopic (exact) mass is 231 g/mol. The standard InChI is InChI=1S/C8H10BrNS/c1-6-8(9)5-7(11-6)3-2-4-10/h2-3,5H,4,10H2,1H3/b3-2+. The summed E-state index contributed by atoms with van der Waals surface area (Å²) in [4.78, 5) is 2.56. The average molecular weight is 232 g/mol. The molecule has 1 heterocycles. The number of hydrogen-bond acceptors (Lipinski definition) is 2. The van der Waals surface area contributed by atoms with Crippen molar-refractivity contribution in [2.45, 2.75) is 6.92 Å². The Hall–Kier alpha value is -0.120. The van der Waals surface area contributed by atoms with Gasteiger partial charge in [0.05, 0.1) is 0 Å². The van der Waals surface area contributed by atoms with Gasteiger partial charge in [0.1, 0.15) is 0 Å². The fraction of sp³-hybridized carbons (Fsp3) is 0.250. The summed E-state index contributed by atoms with van der Waals surface area (Å²) in [5.74, 6) is 0. The van der Waals surface area contributed by atoms with Crippen LogP contribution in [-0.4, -0.2) is 6.54 Å². The molecule has 60 valence electrons. The molecule has 1 aromatic rings. The molecule has 0 aliphatic rings. The van der Waals surface area contributed by atoms with Crippen molar-refractivity contribution in [1.82, 2.24) is 0 Å². The molecule has 0 unspecified atom stereocenters. The second-order valence-electron chi connectivity index (χ2n) is 2.19. The first-order valence-electron chi connectivity index (χ1n) is 3.36. The van der Waals surface area contributed by atoms with Crippen molar-refractivity contribution >= 4 is 33.3 Å². The zero-order valence-electron chi connectivity index (χ0n) is 6.30. The van der Waals surface area contributed by atoms with Crippen LogP contribution >= 0.6 is 27.3 Å². The first kappa shape index (κ1) is 8.97. The van der Waals surface area contributed by atoms with Crippen molar-refractivity contribution in [2.75, 3.05) is 6.54 Å². The van der Waals surface area contributed by atoms with Gasteiger partial charge >= 0.3 is 0 Å². The van der Waals surface area contributed by atoms with E-state index < -0.39 is 0 Å². The highest BCUT2D eigenvalue weighted by Crippen LogP contribution is 2.26. The van der Waals surface area contributed by atoms with Gasteiger partial charge in [-0.15, -0.1) is 11.3 Å². The number of rotatable bonds is 2. The van der Waals surface area contributed by atoms with Gasteiger partial charge in [0, 0.05) is 20.8 Å². The van der Waals surface area contributed by atoms with E-state index in [1.54, 1.807) is 11.3 Å². The van der Waals surface area contributed by atoms with Crippen LogP contribution in [0.25, 0.3) is 6.08 Å². The van der Waals surface area contributed by atoms with Crippen molar-refractivity contribution in [2.24, 2.45) is 5.73 Å². The van der Waals surface area contributed by atoms with Gasteiger partial charge in [0.2, 0.25) is 0 Å². The Kier molecular flexibility index (Phi) is 3.30. The van der Waals surface area contributed by atoms with E-state index in [1.165, 1.54) is 14.2 Å². The Labute approximate surface area is 79.0 Å². The lowest BCUT2D eigenvalue weighted by molar-refractivity contribution is 1.26. The molecule has 0 aromatic carbocycles. The minimum atomic E-state index is 0.606. The van der Waals surface area contributed by atoms with Crippen molar-refractivity contribution < 1.29 is 0 Å². The Morgan fingerprint density at radius 1 is 1.73 bits per heavy atom. The lowest BCUT2D eigenvalue weighted by Crippen LogP contribution is -1.91. The van der Waals surface area contributed by atoms with Gasteiger partial charge in [0.15, 0.2) is 0 Å². The maximum atomic E-state index is 5.33. The maximum absolute atomic E-state index is 5.33. The van der Waals surface area contributed by atoms with Crippen LogP contribution in [0.2, 0.25) is 0 Å². The third-order valence-electron chi connectivity index (χ3n) is 1.29. The third kappa shape index (κ3) is 2.43. The van der Waals surface area contributed by atoms with Gasteiger partial charge in [0.25, 0.3) is 0 Å². The van der Waals surface area contributed by atoms with Gasteiger partial charge in [-0.3, -0.25) is 0 Å². The lowest BCUT2D eigenvalue weighted by Gasteiger charge is -1.80. The lowest BCUT2D eigenvalue weighted by atomic mass is 10.4. The molecular formula is C8H10BrNS. The molecule has 0 aliphatic carbocycles. The molecule has 0 aliphatic heterocycles. The molecule has 0 bridgehead atoms. The summed E-state index contributed by atoms with van der Waals surface area (Å²) in [6, 6.07) is 2.10. The van der Waals surface area contributed by atoms with E-state index in [4.69, 9.17) is 5.73 Å². The predicted molar refractivity (Wildman–Crippen MR) is 54.8 cm³/mol. The van der Waals surface area contributed by atoms with Gasteiger partial charge < -0.3 is 5.73 Å². The van der Waals surface area contributed by atoms with E-state index in [2.05, 4.69) is 28.9 Å². The topological polar surface area (TPSA) is 26.0 Å². The summed E-state index contributed by atoms with van der Waals surface area (Å²) in [6.45, 7) is 2.70. The molecule has 0 atom stereocenters. The van der Waals surface area contributed by atoms with Crippen LogP contribution in [0.4, 0.5) is 0 Å². The molecule has 1 aromatic heterocycles. The zero-order chi connectivity index (χ0) is 8.27. The molecular weight excluding hydrogens is 222 g/mol. The quantitative estimate of drug-likeness (QED) is 0.833. The fourth-order valence-electron chi connectivity index (χ4n) is 0.748. The van der Waals surface area contributed by atoms with Crippen molar-refractivity contribution in [1.29, 1.82) is 0 Å². The zero-order valence-corrected chi connectivity index (χ0v) is 8.71. The van der Waals surface area contributed by atoms with Crippen LogP contribution in [0, 0.1) is 6.92 Å². The Morgan fingerprint density at radius 2 is 2.45 bits per heavy atom. The van der Waals surface area contributed by atoms with Crippen LogP contribution in [0.15, 0.2) is 16.6 Å². The second-order valence-corrected chi connectivity index (χ2v) is 4.33. The number of aryl methyl sites for hydroxylation is 1. The highest BCUT2D eigenvalue weighted by atomic mass is 79.9. The smallest absolute Gasteiger partial charge is 0.0317 e. The molecule has 0 amide bonds. The fourth-order valence-corrected chi connectivity index (χ4v) is 2.24. The number of thiophene rings is 1. The van der Waals surface area contributed by atoms with E-state index in [0.717, 1.165) is 0 Å². The molecule has 1 nitrogen and oxygen atoms in total. The van der Waals surface area contributed by atoms with E-state index >= 15 is 0 Å². The normalized spacial score (nSPS) is 11.2.